The number of nitrogens with one attached hydrogen (secondary N) is 1. The molecule has 1 fully saturated rings. The first-order valence-corrected chi connectivity index (χ1v) is 9.08. The Morgan fingerprint density at radius 3 is 2.38 bits per heavy atom. The molecule has 3 heteroatoms. The van der Waals surface area contributed by atoms with Crippen LogP contribution in [-0.4, -0.2) is 37.0 Å². The van der Waals surface area contributed by atoms with Crippen LogP contribution in [0.15, 0.2) is 0 Å². The second-order valence-electron chi connectivity index (χ2n) is 7.21. The molecular weight excluding hydrogens is 262 g/mol. The molecule has 1 rings (SSSR count). The predicted octanol–water partition coefficient (Wildman–Crippen LogP) is 3.75. The summed E-state index contributed by atoms with van der Waals surface area (Å²) in [6.45, 7) is 8.62. The molecule has 0 aromatic heterocycles. The maximum absolute atomic E-state index is 9.97. The van der Waals surface area contributed by atoms with Crippen LogP contribution >= 0.6 is 0 Å². The van der Waals surface area contributed by atoms with E-state index in [0.29, 0.717) is 19.2 Å². The van der Waals surface area contributed by atoms with Gasteiger partial charge in [-0.2, -0.15) is 0 Å². The fourth-order valence-corrected chi connectivity index (χ4v) is 3.17. The predicted molar refractivity (Wildman–Crippen MR) is 89.6 cm³/mol. The summed E-state index contributed by atoms with van der Waals surface area (Å²) in [5.74, 6) is 1.52. The summed E-state index contributed by atoms with van der Waals surface area (Å²) in [4.78, 5) is 0. The third-order valence-electron chi connectivity index (χ3n) is 4.66. The summed E-state index contributed by atoms with van der Waals surface area (Å²) in [5, 5.41) is 13.5. The maximum Gasteiger partial charge on any atom is 0.0897 e. The molecular formula is C18H37NO2. The van der Waals surface area contributed by atoms with Crippen molar-refractivity contribution in [3.63, 3.8) is 0 Å². The molecule has 2 atom stereocenters. The first-order valence-electron chi connectivity index (χ1n) is 9.08. The zero-order chi connectivity index (χ0) is 15.5. The van der Waals surface area contributed by atoms with Crippen molar-refractivity contribution in [2.75, 3.05) is 19.8 Å². The average Bonchev–Trinajstić information content (AvgIpc) is 2.73. The van der Waals surface area contributed by atoms with Crippen molar-refractivity contribution in [2.45, 2.75) is 84.3 Å². The standard InChI is InChI=1S/C18H37NO2/c1-15(2)9-8-12-21-14-18(20)13-19-16(3)17-10-6-4-5-7-11-17/h15-20H,4-14H2,1-3H3/t16-,18?/m0/s1. The van der Waals surface area contributed by atoms with Crippen LogP contribution in [0.5, 0.6) is 0 Å². The van der Waals surface area contributed by atoms with Crippen LogP contribution in [0.4, 0.5) is 0 Å². The fraction of sp³-hybridized carbons (Fsp3) is 1.00. The monoisotopic (exact) mass is 299 g/mol. The first kappa shape index (κ1) is 18.9. The highest BCUT2D eigenvalue weighted by Crippen LogP contribution is 2.25. The molecule has 126 valence electrons. The molecule has 1 aliphatic carbocycles. The lowest BCUT2D eigenvalue weighted by atomic mass is 9.93. The van der Waals surface area contributed by atoms with Crippen LogP contribution in [0.2, 0.25) is 0 Å². The number of aliphatic hydroxyl groups excluding tert-OH is 1. The summed E-state index contributed by atoms with van der Waals surface area (Å²) in [7, 11) is 0. The zero-order valence-electron chi connectivity index (χ0n) is 14.4. The van der Waals surface area contributed by atoms with Gasteiger partial charge in [0.1, 0.15) is 0 Å². The highest BCUT2D eigenvalue weighted by atomic mass is 16.5. The molecule has 0 amide bonds. The van der Waals surface area contributed by atoms with Gasteiger partial charge in [0.25, 0.3) is 0 Å². The van der Waals surface area contributed by atoms with Crippen LogP contribution < -0.4 is 5.32 Å². The van der Waals surface area contributed by atoms with E-state index in [2.05, 4.69) is 26.1 Å². The van der Waals surface area contributed by atoms with Gasteiger partial charge in [-0.05, 0) is 44.4 Å². The molecule has 0 aliphatic heterocycles. The lowest BCUT2D eigenvalue weighted by Crippen LogP contribution is -2.39. The van der Waals surface area contributed by atoms with Gasteiger partial charge in [0, 0.05) is 19.2 Å². The number of rotatable bonds is 10. The summed E-state index contributed by atoms with van der Waals surface area (Å²) >= 11 is 0. The Bertz CT molecular complexity index is 237. The highest BCUT2D eigenvalue weighted by molar-refractivity contribution is 4.76. The molecule has 1 aliphatic rings. The topological polar surface area (TPSA) is 41.5 Å². The SMILES string of the molecule is CC(C)CCCOCC(O)CN[C@@H](C)C1CCCCCC1. The van der Waals surface area contributed by atoms with Gasteiger partial charge < -0.3 is 15.2 Å². The minimum absolute atomic E-state index is 0.378. The Hall–Kier alpha value is -0.120. The molecule has 3 nitrogen and oxygen atoms in total. The van der Waals surface area contributed by atoms with E-state index in [1.54, 1.807) is 0 Å². The van der Waals surface area contributed by atoms with E-state index in [0.717, 1.165) is 24.9 Å². The number of ether oxygens (including phenoxy) is 1. The van der Waals surface area contributed by atoms with Crippen molar-refractivity contribution in [3.05, 3.63) is 0 Å². The fourth-order valence-electron chi connectivity index (χ4n) is 3.17. The summed E-state index contributed by atoms with van der Waals surface area (Å²) < 4.78 is 5.55. The van der Waals surface area contributed by atoms with E-state index >= 15 is 0 Å². The first-order chi connectivity index (χ1) is 10.1. The molecule has 0 saturated heterocycles. The molecule has 0 heterocycles. The Labute approximate surface area is 131 Å². The van der Waals surface area contributed by atoms with Crippen LogP contribution in [0.1, 0.15) is 72.1 Å². The van der Waals surface area contributed by atoms with Crippen LogP contribution in [0.25, 0.3) is 0 Å². The lowest BCUT2D eigenvalue weighted by molar-refractivity contribution is 0.0326. The zero-order valence-corrected chi connectivity index (χ0v) is 14.4. The molecule has 2 N–H and O–H groups in total. The van der Waals surface area contributed by atoms with Crippen molar-refractivity contribution >= 4 is 0 Å². The molecule has 1 saturated carbocycles. The van der Waals surface area contributed by atoms with Crippen molar-refractivity contribution in [2.24, 2.45) is 11.8 Å². The summed E-state index contributed by atoms with van der Waals surface area (Å²) in [6.07, 6.45) is 10.1. The minimum Gasteiger partial charge on any atom is -0.389 e. The summed E-state index contributed by atoms with van der Waals surface area (Å²) in [6, 6.07) is 0.513. The number of hydrogen-bond acceptors (Lipinski definition) is 3. The lowest BCUT2D eigenvalue weighted by Gasteiger charge is -2.25. The summed E-state index contributed by atoms with van der Waals surface area (Å²) in [5.41, 5.74) is 0. The van der Waals surface area contributed by atoms with Crippen LogP contribution in [-0.2, 0) is 4.74 Å². The molecule has 1 unspecified atom stereocenters. The van der Waals surface area contributed by atoms with Crippen LogP contribution in [0, 0.1) is 11.8 Å². The number of aliphatic hydroxyl groups is 1. The van der Waals surface area contributed by atoms with E-state index in [9.17, 15) is 5.11 Å². The molecule has 0 radical (unpaired) electrons. The molecule has 0 aromatic rings. The second-order valence-corrected chi connectivity index (χ2v) is 7.21. The van der Waals surface area contributed by atoms with Crippen molar-refractivity contribution in [1.29, 1.82) is 0 Å². The maximum atomic E-state index is 9.97. The highest BCUT2D eigenvalue weighted by Gasteiger charge is 2.19. The van der Waals surface area contributed by atoms with Gasteiger partial charge in [0.2, 0.25) is 0 Å². The third kappa shape index (κ3) is 9.49. The third-order valence-corrected chi connectivity index (χ3v) is 4.66. The normalized spacial score (nSPS) is 20.4. The largest absolute Gasteiger partial charge is 0.389 e. The minimum atomic E-state index is -0.378. The van der Waals surface area contributed by atoms with E-state index in [1.807, 2.05) is 0 Å². The van der Waals surface area contributed by atoms with E-state index in [4.69, 9.17) is 4.74 Å². The van der Waals surface area contributed by atoms with Gasteiger partial charge in [-0.15, -0.1) is 0 Å². The van der Waals surface area contributed by atoms with Crippen LogP contribution in [0.3, 0.4) is 0 Å². The van der Waals surface area contributed by atoms with E-state index in [1.165, 1.54) is 44.9 Å². The van der Waals surface area contributed by atoms with Gasteiger partial charge in [0.15, 0.2) is 0 Å². The Kier molecular flexibility index (Phi) is 10.3. The van der Waals surface area contributed by atoms with Crippen molar-refractivity contribution in [3.8, 4) is 0 Å². The smallest absolute Gasteiger partial charge is 0.0897 e. The average molecular weight is 299 g/mol. The Balaban J connectivity index is 2.04. The quantitative estimate of drug-likeness (QED) is 0.477. The Morgan fingerprint density at radius 1 is 1.10 bits per heavy atom. The van der Waals surface area contributed by atoms with Gasteiger partial charge in [0.05, 0.1) is 12.7 Å². The Morgan fingerprint density at radius 2 is 1.76 bits per heavy atom. The molecule has 21 heavy (non-hydrogen) atoms. The van der Waals surface area contributed by atoms with E-state index in [-0.39, 0.29) is 6.10 Å². The van der Waals surface area contributed by atoms with Gasteiger partial charge in [-0.3, -0.25) is 0 Å². The van der Waals surface area contributed by atoms with Crippen molar-refractivity contribution in [1.82, 2.24) is 5.32 Å². The molecule has 0 spiro atoms. The van der Waals surface area contributed by atoms with Gasteiger partial charge in [-0.1, -0.05) is 39.5 Å². The van der Waals surface area contributed by atoms with Gasteiger partial charge >= 0.3 is 0 Å². The number of hydrogen-bond donors (Lipinski definition) is 2. The molecule has 0 bridgehead atoms. The van der Waals surface area contributed by atoms with E-state index < -0.39 is 0 Å². The van der Waals surface area contributed by atoms with Gasteiger partial charge in [-0.25, -0.2) is 0 Å². The molecule has 0 aromatic carbocycles. The van der Waals surface area contributed by atoms with Crippen molar-refractivity contribution < 1.29 is 9.84 Å². The second kappa shape index (κ2) is 11.4.